The fraction of sp³-hybridized carbons (Fsp3) is 0.625. The fourth-order valence-electron chi connectivity index (χ4n) is 2.65. The van der Waals surface area contributed by atoms with Crippen LogP contribution in [0.3, 0.4) is 0 Å². The second-order valence-corrected chi connectivity index (χ2v) is 5.23. The molecule has 1 unspecified atom stereocenters. The predicted octanol–water partition coefficient (Wildman–Crippen LogP) is 4.10. The van der Waals surface area contributed by atoms with Gasteiger partial charge in [-0.1, -0.05) is 32.1 Å². The van der Waals surface area contributed by atoms with Gasteiger partial charge in [-0.05, 0) is 36.6 Å². The molecule has 0 heterocycles. The van der Waals surface area contributed by atoms with Crippen LogP contribution in [0.25, 0.3) is 0 Å². The highest BCUT2D eigenvalue weighted by Gasteiger charge is 2.13. The number of benzene rings is 1. The third-order valence-electron chi connectivity index (χ3n) is 3.92. The lowest BCUT2D eigenvalue weighted by atomic mass is 9.87. The summed E-state index contributed by atoms with van der Waals surface area (Å²) in [6.07, 6.45) is 7.70. The van der Waals surface area contributed by atoms with Crippen LogP contribution in [0.5, 0.6) is 5.75 Å². The Bertz CT molecular complexity index is 373. The first kappa shape index (κ1) is 11.9. The minimum Gasteiger partial charge on any atom is -0.497 e. The maximum atomic E-state index is 8.34. The second-order valence-electron chi connectivity index (χ2n) is 5.23. The fourth-order valence-corrected chi connectivity index (χ4v) is 2.65. The van der Waals surface area contributed by atoms with Crippen molar-refractivity contribution in [2.24, 2.45) is 5.92 Å². The third kappa shape index (κ3) is 3.66. The van der Waals surface area contributed by atoms with Gasteiger partial charge in [0.05, 0.1) is 7.11 Å². The Morgan fingerprint density at radius 3 is 2.50 bits per heavy atom. The van der Waals surface area contributed by atoms with E-state index in [0.717, 1.165) is 23.8 Å². The average Bonchev–Trinajstić information content (AvgIpc) is 2.47. The van der Waals surface area contributed by atoms with Gasteiger partial charge in [-0.25, -0.2) is 0 Å². The molecule has 1 atom stereocenters. The van der Waals surface area contributed by atoms with Gasteiger partial charge >= 0.3 is 0 Å². The molecule has 1 aliphatic carbocycles. The number of anilines is 1. The first-order valence-corrected chi connectivity index (χ1v) is 7.00. The van der Waals surface area contributed by atoms with Crippen molar-refractivity contribution in [3.63, 3.8) is 0 Å². The number of nitrogens with zero attached hydrogens (tertiary/aromatic N) is 1. The van der Waals surface area contributed by atoms with Gasteiger partial charge in [-0.2, -0.15) is 0 Å². The van der Waals surface area contributed by atoms with Crippen molar-refractivity contribution in [3.05, 3.63) is 24.3 Å². The Morgan fingerprint density at radius 2 is 1.89 bits per heavy atom. The Kier molecular flexibility index (Phi) is 4.41. The molecular formula is C16H25NO. The lowest BCUT2D eigenvalue weighted by Gasteiger charge is -2.25. The predicted molar refractivity (Wildman–Crippen MR) is 77.5 cm³/mol. The van der Waals surface area contributed by atoms with Gasteiger partial charge < -0.3 is 9.64 Å². The molecule has 2 nitrogen and oxygen atoms in total. The van der Waals surface area contributed by atoms with Crippen molar-refractivity contribution in [2.75, 3.05) is 25.6 Å². The number of methoxy groups -OCH3 is 1. The molecule has 0 bridgehead atoms. The zero-order valence-corrected chi connectivity index (χ0v) is 11.6. The molecule has 1 aromatic carbocycles. The van der Waals surface area contributed by atoms with Crippen LogP contribution in [-0.4, -0.2) is 20.7 Å². The van der Waals surface area contributed by atoms with E-state index in [9.17, 15) is 0 Å². The minimum atomic E-state index is -0.142. The summed E-state index contributed by atoms with van der Waals surface area (Å²) in [5.41, 5.74) is 1.09. The van der Waals surface area contributed by atoms with Crippen molar-refractivity contribution in [1.82, 2.24) is 0 Å². The van der Waals surface area contributed by atoms with E-state index in [1.165, 1.54) is 32.1 Å². The van der Waals surface area contributed by atoms with Crippen molar-refractivity contribution in [3.8, 4) is 5.75 Å². The largest absolute Gasteiger partial charge is 0.497 e. The van der Waals surface area contributed by atoms with Gasteiger partial charge in [0.2, 0.25) is 0 Å². The number of hydrogen-bond donors (Lipinski definition) is 0. The van der Waals surface area contributed by atoms with Crippen molar-refractivity contribution >= 4 is 5.69 Å². The quantitative estimate of drug-likeness (QED) is 0.778. The summed E-state index contributed by atoms with van der Waals surface area (Å²) in [7, 11) is 3.69. The summed E-state index contributed by atoms with van der Waals surface area (Å²) in [5, 5.41) is 0. The van der Waals surface area contributed by atoms with Crippen LogP contribution in [0.4, 0.5) is 5.69 Å². The van der Waals surface area contributed by atoms with Crippen molar-refractivity contribution < 1.29 is 6.11 Å². The van der Waals surface area contributed by atoms with Gasteiger partial charge in [0.1, 0.15) is 5.75 Å². The molecule has 1 fully saturated rings. The summed E-state index contributed by atoms with van der Waals surface area (Å²) >= 11 is 0. The molecule has 100 valence electrons. The molecular weight excluding hydrogens is 222 g/mol. The average molecular weight is 248 g/mol. The van der Waals surface area contributed by atoms with Gasteiger partial charge in [0.15, 0.2) is 0 Å². The molecule has 2 rings (SSSR count). The minimum absolute atomic E-state index is 0.142. The molecule has 2 heteroatoms. The van der Waals surface area contributed by atoms with Gasteiger partial charge in [-0.15, -0.1) is 0 Å². The molecule has 0 aliphatic heterocycles. The Balaban J connectivity index is 1.91. The van der Waals surface area contributed by atoms with E-state index in [4.69, 9.17) is 6.11 Å². The first-order chi connectivity index (χ1) is 9.20. The lowest BCUT2D eigenvalue weighted by Crippen LogP contribution is -2.21. The van der Waals surface area contributed by atoms with Gasteiger partial charge in [0.25, 0.3) is 0 Å². The van der Waals surface area contributed by atoms with E-state index in [0.29, 0.717) is 0 Å². The van der Waals surface area contributed by atoms with Crippen LogP contribution < -0.4 is 9.64 Å². The highest BCUT2D eigenvalue weighted by Crippen LogP contribution is 2.27. The topological polar surface area (TPSA) is 12.5 Å². The highest BCUT2D eigenvalue weighted by atomic mass is 16.5. The summed E-state index contributed by atoms with van der Waals surface area (Å²) in [4.78, 5) is 2.06. The molecule has 0 spiro atoms. The number of hydrogen-bond acceptors (Lipinski definition) is 2. The molecule has 0 N–H and O–H groups in total. The Morgan fingerprint density at radius 1 is 1.22 bits per heavy atom. The Labute approximate surface area is 112 Å². The molecule has 1 aromatic rings. The normalized spacial score (nSPS) is 19.1. The smallest absolute Gasteiger partial charge is 0.119 e. The molecule has 0 aromatic heterocycles. The van der Waals surface area contributed by atoms with E-state index in [2.05, 4.69) is 4.90 Å². The van der Waals surface area contributed by atoms with Crippen LogP contribution >= 0.6 is 0 Å². The van der Waals surface area contributed by atoms with Crippen molar-refractivity contribution in [1.29, 1.82) is 0 Å². The van der Waals surface area contributed by atoms with E-state index in [-0.39, 0.29) is 6.52 Å². The van der Waals surface area contributed by atoms with E-state index >= 15 is 0 Å². The van der Waals surface area contributed by atoms with Gasteiger partial charge in [0, 0.05) is 20.6 Å². The van der Waals surface area contributed by atoms with Crippen LogP contribution in [0.15, 0.2) is 24.3 Å². The summed E-state index contributed by atoms with van der Waals surface area (Å²) < 4.78 is 13.5. The first-order valence-electron chi connectivity index (χ1n) is 7.57. The van der Waals surface area contributed by atoms with Crippen LogP contribution in [0, 0.1) is 5.92 Å². The lowest BCUT2D eigenvalue weighted by molar-refractivity contribution is 0.341. The third-order valence-corrected chi connectivity index (χ3v) is 3.92. The van der Waals surface area contributed by atoms with Gasteiger partial charge in [-0.3, -0.25) is 0 Å². The molecule has 0 amide bonds. The highest BCUT2D eigenvalue weighted by molar-refractivity contribution is 5.48. The monoisotopic (exact) mass is 248 g/mol. The van der Waals surface area contributed by atoms with E-state index < -0.39 is 0 Å². The zero-order chi connectivity index (χ0) is 13.7. The molecule has 18 heavy (non-hydrogen) atoms. The van der Waals surface area contributed by atoms with Crippen LogP contribution in [0.1, 0.15) is 39.9 Å². The number of ether oxygens (including phenoxy) is 1. The SMILES string of the molecule is [2H]C(CC1CCCCC1)N(C)c1ccc(OC)cc1. The molecule has 0 saturated heterocycles. The Hall–Kier alpha value is -1.18. The zero-order valence-electron chi connectivity index (χ0n) is 12.6. The number of rotatable bonds is 5. The standard InChI is InChI=1S/C16H25NO/c1-17(13-12-14-6-4-3-5-7-14)15-8-10-16(18-2)11-9-15/h8-11,14H,3-7,12-13H2,1-2H3/i13D. The summed E-state index contributed by atoms with van der Waals surface area (Å²) in [6.45, 7) is -0.142. The van der Waals surface area contributed by atoms with Crippen LogP contribution in [0.2, 0.25) is 0 Å². The molecule has 1 aliphatic rings. The maximum Gasteiger partial charge on any atom is 0.119 e. The van der Waals surface area contributed by atoms with E-state index in [1.807, 2.05) is 31.3 Å². The molecule has 1 saturated carbocycles. The summed E-state index contributed by atoms with van der Waals surface area (Å²) in [5.74, 6) is 1.61. The molecule has 0 radical (unpaired) electrons. The second kappa shape index (κ2) is 6.67. The van der Waals surface area contributed by atoms with E-state index in [1.54, 1.807) is 7.11 Å². The maximum absolute atomic E-state index is 8.34. The van der Waals surface area contributed by atoms with Crippen LogP contribution in [-0.2, 0) is 0 Å². The summed E-state index contributed by atoms with van der Waals surface area (Å²) in [6, 6.07) is 7.97. The van der Waals surface area contributed by atoms with Crippen molar-refractivity contribution in [2.45, 2.75) is 38.5 Å².